The highest BCUT2D eigenvalue weighted by Gasteiger charge is 2.37. The van der Waals surface area contributed by atoms with Crippen molar-refractivity contribution in [3.05, 3.63) is 63.7 Å². The van der Waals surface area contributed by atoms with E-state index in [1.54, 1.807) is 32.9 Å². The molecule has 0 fully saturated rings. The molecule has 4 N–H and O–H groups in total. The van der Waals surface area contributed by atoms with Gasteiger partial charge in [0.25, 0.3) is 5.91 Å². The highest BCUT2D eigenvalue weighted by Crippen LogP contribution is 2.32. The van der Waals surface area contributed by atoms with Gasteiger partial charge in [0, 0.05) is 6.54 Å². The molecule has 0 saturated heterocycles. The van der Waals surface area contributed by atoms with Crippen molar-refractivity contribution in [2.24, 2.45) is 5.73 Å². The first-order valence-electron chi connectivity index (χ1n) is 14.4. The minimum atomic E-state index is -1.34. The molecule has 4 amide bonds. The van der Waals surface area contributed by atoms with Crippen LogP contribution in [0.4, 0.5) is 10.5 Å². The summed E-state index contributed by atoms with van der Waals surface area (Å²) in [5.74, 6) is -1.87. The summed E-state index contributed by atoms with van der Waals surface area (Å²) in [5.41, 5.74) is 8.27. The van der Waals surface area contributed by atoms with Crippen LogP contribution >= 0.6 is 11.6 Å². The number of halogens is 1. The van der Waals surface area contributed by atoms with Crippen LogP contribution in [0.1, 0.15) is 88.1 Å². The van der Waals surface area contributed by atoms with Crippen molar-refractivity contribution in [1.29, 1.82) is 0 Å². The number of unbranched alkanes of at least 4 members (excludes halogenated alkanes) is 3. The van der Waals surface area contributed by atoms with Gasteiger partial charge < -0.3 is 26.0 Å². The molecule has 230 valence electrons. The van der Waals surface area contributed by atoms with Crippen molar-refractivity contribution in [3.63, 3.8) is 0 Å². The number of anilines is 1. The number of carbonyl (C=O) groups excluding carboxylic acids is 4. The summed E-state index contributed by atoms with van der Waals surface area (Å²) in [7, 11) is 0. The Bertz CT molecular complexity index is 1250. The average Bonchev–Trinajstić information content (AvgIpc) is 2.88. The topological polar surface area (TPSA) is 131 Å². The first kappa shape index (κ1) is 34.6. The van der Waals surface area contributed by atoms with Gasteiger partial charge in [-0.3, -0.25) is 14.4 Å². The van der Waals surface area contributed by atoms with E-state index < -0.39 is 47.9 Å². The van der Waals surface area contributed by atoms with E-state index in [-0.39, 0.29) is 6.54 Å². The molecule has 0 aliphatic rings. The predicted octanol–water partition coefficient (Wildman–Crippen LogP) is 6.12. The van der Waals surface area contributed by atoms with Crippen LogP contribution in [-0.4, -0.2) is 46.9 Å². The molecule has 2 unspecified atom stereocenters. The Morgan fingerprint density at radius 2 is 1.62 bits per heavy atom. The smallest absolute Gasteiger partial charge is 0.408 e. The summed E-state index contributed by atoms with van der Waals surface area (Å²) in [6.45, 7) is 13.0. The summed E-state index contributed by atoms with van der Waals surface area (Å²) in [6.07, 6.45) is 2.02. The number of carbonyl (C=O) groups is 4. The Labute approximate surface area is 254 Å². The number of amides is 4. The lowest BCUT2D eigenvalue weighted by molar-refractivity contribution is -0.142. The molecule has 0 radical (unpaired) electrons. The Kier molecular flexibility index (Phi) is 12.8. The Balaban J connectivity index is 2.65. The highest BCUT2D eigenvalue weighted by molar-refractivity contribution is 6.34. The number of para-hydroxylation sites is 1. The second kappa shape index (κ2) is 15.6. The molecule has 0 aliphatic heterocycles. The van der Waals surface area contributed by atoms with Gasteiger partial charge in [0.2, 0.25) is 11.8 Å². The van der Waals surface area contributed by atoms with Crippen LogP contribution in [0.3, 0.4) is 0 Å². The lowest BCUT2D eigenvalue weighted by atomic mass is 9.94. The van der Waals surface area contributed by atoms with Crippen molar-refractivity contribution >= 4 is 41.1 Å². The van der Waals surface area contributed by atoms with Crippen LogP contribution in [0, 0.1) is 20.8 Å². The second-order valence-electron chi connectivity index (χ2n) is 11.6. The zero-order valence-corrected chi connectivity index (χ0v) is 26.6. The maximum Gasteiger partial charge on any atom is 0.408 e. The molecule has 2 aromatic carbocycles. The number of aryl methyl sites for hydroxylation is 2. The molecular weight excluding hydrogens is 556 g/mol. The molecule has 42 heavy (non-hydrogen) atoms. The fourth-order valence-electron chi connectivity index (χ4n) is 4.63. The number of nitrogens with two attached hydrogens (primary N) is 1. The monoisotopic (exact) mass is 600 g/mol. The highest BCUT2D eigenvalue weighted by atomic mass is 35.5. The zero-order chi connectivity index (χ0) is 31.6. The van der Waals surface area contributed by atoms with E-state index in [1.165, 1.54) is 4.90 Å². The average molecular weight is 601 g/mol. The van der Waals surface area contributed by atoms with Gasteiger partial charge in [-0.05, 0) is 76.3 Å². The van der Waals surface area contributed by atoms with Gasteiger partial charge in [-0.15, -0.1) is 0 Å². The molecule has 0 heterocycles. The van der Waals surface area contributed by atoms with Crippen LogP contribution in [0.5, 0.6) is 0 Å². The van der Waals surface area contributed by atoms with Gasteiger partial charge in [-0.25, -0.2) is 4.79 Å². The van der Waals surface area contributed by atoms with E-state index in [1.807, 2.05) is 45.0 Å². The van der Waals surface area contributed by atoms with Crippen LogP contribution in [0.25, 0.3) is 0 Å². The lowest BCUT2D eigenvalue weighted by Crippen LogP contribution is -2.53. The van der Waals surface area contributed by atoms with Crippen molar-refractivity contribution < 1.29 is 23.9 Å². The van der Waals surface area contributed by atoms with Gasteiger partial charge >= 0.3 is 6.09 Å². The molecular formula is C32H45ClN4O5. The minimum Gasteiger partial charge on any atom is -0.444 e. The maximum absolute atomic E-state index is 14.3. The first-order valence-corrected chi connectivity index (χ1v) is 14.7. The number of primary amides is 1. The van der Waals surface area contributed by atoms with Crippen molar-refractivity contribution in [2.75, 3.05) is 11.9 Å². The van der Waals surface area contributed by atoms with Gasteiger partial charge in [0.05, 0.1) is 17.1 Å². The number of alkyl carbamates (subject to hydrolysis) is 1. The number of benzene rings is 2. The van der Waals surface area contributed by atoms with E-state index in [2.05, 4.69) is 17.6 Å². The van der Waals surface area contributed by atoms with Crippen molar-refractivity contribution in [2.45, 2.75) is 98.3 Å². The molecule has 0 aliphatic carbocycles. The quantitative estimate of drug-likeness (QED) is 0.238. The third-order valence-corrected chi connectivity index (χ3v) is 7.22. The molecule has 0 spiro atoms. The van der Waals surface area contributed by atoms with E-state index >= 15 is 0 Å². The number of hydrogen-bond acceptors (Lipinski definition) is 5. The summed E-state index contributed by atoms with van der Waals surface area (Å²) in [5, 5.41) is 5.83. The minimum absolute atomic E-state index is 0.205. The molecule has 2 atom stereocenters. The summed E-state index contributed by atoms with van der Waals surface area (Å²) in [4.78, 5) is 54.7. The number of nitrogens with zero attached hydrogens (tertiary/aromatic N) is 1. The van der Waals surface area contributed by atoms with Crippen LogP contribution < -0.4 is 16.4 Å². The van der Waals surface area contributed by atoms with Gasteiger partial charge in [0.15, 0.2) is 0 Å². The van der Waals surface area contributed by atoms with Crippen LogP contribution in [0.15, 0.2) is 36.4 Å². The van der Waals surface area contributed by atoms with E-state index in [0.29, 0.717) is 22.7 Å². The Morgan fingerprint density at radius 1 is 0.976 bits per heavy atom. The molecule has 0 aromatic heterocycles. The summed E-state index contributed by atoms with van der Waals surface area (Å²) in [6, 6.07) is 8.43. The van der Waals surface area contributed by atoms with Crippen LogP contribution in [-0.2, 0) is 19.1 Å². The molecule has 0 saturated carbocycles. The maximum atomic E-state index is 14.3. The van der Waals surface area contributed by atoms with E-state index in [0.717, 1.165) is 36.0 Å². The van der Waals surface area contributed by atoms with Crippen molar-refractivity contribution in [3.8, 4) is 0 Å². The van der Waals surface area contributed by atoms with Gasteiger partial charge in [-0.2, -0.15) is 0 Å². The zero-order valence-electron chi connectivity index (χ0n) is 25.8. The van der Waals surface area contributed by atoms with Gasteiger partial charge in [-0.1, -0.05) is 68.1 Å². The molecule has 9 nitrogen and oxygen atoms in total. The number of nitrogens with one attached hydrogen (secondary N) is 2. The standard InChI is InChI=1S/C32H45ClN4O5/c1-8-9-10-11-18-37(30(40)25(19-26(34)38)35-31(41)42-32(5,6)7)28(23-16-12-14-20(2)22(23)4)29(39)36-27-21(3)15-13-17-24(27)33/h12-17,25,28H,8-11,18-19H2,1-7H3,(H2,34,38)(H,35,41)(H,36,39). The fraction of sp³-hybridized carbons (Fsp3) is 0.500. The lowest BCUT2D eigenvalue weighted by Gasteiger charge is -2.35. The largest absolute Gasteiger partial charge is 0.444 e. The number of ether oxygens (including phenoxy) is 1. The molecule has 10 heteroatoms. The van der Waals surface area contributed by atoms with Gasteiger partial charge in [0.1, 0.15) is 17.7 Å². The van der Waals surface area contributed by atoms with E-state index in [9.17, 15) is 19.2 Å². The third kappa shape index (κ3) is 10.0. The predicted molar refractivity (Wildman–Crippen MR) is 166 cm³/mol. The molecule has 2 aromatic rings. The Morgan fingerprint density at radius 3 is 2.21 bits per heavy atom. The van der Waals surface area contributed by atoms with Crippen LogP contribution in [0.2, 0.25) is 5.02 Å². The molecule has 2 rings (SSSR count). The second-order valence-corrected chi connectivity index (χ2v) is 12.0. The first-order chi connectivity index (χ1) is 19.7. The van der Waals surface area contributed by atoms with E-state index in [4.69, 9.17) is 22.1 Å². The normalized spacial score (nSPS) is 12.7. The molecule has 0 bridgehead atoms. The summed E-state index contributed by atoms with van der Waals surface area (Å²) < 4.78 is 5.36. The number of rotatable bonds is 13. The fourth-order valence-corrected chi connectivity index (χ4v) is 4.90. The third-order valence-electron chi connectivity index (χ3n) is 6.90. The SMILES string of the molecule is CCCCCCN(C(=O)C(CC(N)=O)NC(=O)OC(C)(C)C)C(C(=O)Nc1c(C)cccc1Cl)c1cccc(C)c1C. The van der Waals surface area contributed by atoms with Crippen molar-refractivity contribution in [1.82, 2.24) is 10.2 Å². The number of hydrogen-bond donors (Lipinski definition) is 3. The summed E-state index contributed by atoms with van der Waals surface area (Å²) >= 11 is 6.45. The Hall–Kier alpha value is -3.59.